The summed E-state index contributed by atoms with van der Waals surface area (Å²) in [5.74, 6) is -0.245. The van der Waals surface area contributed by atoms with Crippen LogP contribution in [0.2, 0.25) is 0 Å². The topological polar surface area (TPSA) is 50.4 Å². The van der Waals surface area contributed by atoms with Crippen LogP contribution >= 0.6 is 0 Å². The molecule has 0 radical (unpaired) electrons. The van der Waals surface area contributed by atoms with Crippen LogP contribution in [0.25, 0.3) is 0 Å². The Labute approximate surface area is 67.3 Å². The minimum Gasteiger partial charge on any atom is -0.469 e. The summed E-state index contributed by atoms with van der Waals surface area (Å²) in [6, 6.07) is 0. The van der Waals surface area contributed by atoms with Gasteiger partial charge in [-0.1, -0.05) is 0 Å². The standard InChI is InChI=1S/C4H10N2.C3H6O2/c1-2-6-4-3-5-1;1-3(4)5-2/h5-6H,1-4H2;1-2H3. The Kier molecular flexibility index (Phi) is 7.08. The van der Waals surface area contributed by atoms with Gasteiger partial charge in [0.1, 0.15) is 0 Å². The number of piperazine rings is 1. The fourth-order valence-electron chi connectivity index (χ4n) is 0.604. The Bertz CT molecular complexity index is 91.1. The van der Waals surface area contributed by atoms with Crippen molar-refractivity contribution >= 4 is 5.97 Å². The van der Waals surface area contributed by atoms with E-state index in [2.05, 4.69) is 15.4 Å². The van der Waals surface area contributed by atoms with Crippen LogP contribution in [0.5, 0.6) is 0 Å². The summed E-state index contributed by atoms with van der Waals surface area (Å²) in [5.41, 5.74) is 0. The minimum atomic E-state index is -0.245. The van der Waals surface area contributed by atoms with Crippen molar-refractivity contribution in [2.75, 3.05) is 33.3 Å². The molecule has 2 N–H and O–H groups in total. The van der Waals surface area contributed by atoms with Gasteiger partial charge in [0, 0.05) is 33.1 Å². The monoisotopic (exact) mass is 160 g/mol. The Hall–Kier alpha value is -0.610. The second kappa shape index (κ2) is 7.50. The average molecular weight is 160 g/mol. The van der Waals surface area contributed by atoms with E-state index in [4.69, 9.17) is 0 Å². The maximum Gasteiger partial charge on any atom is 0.302 e. The van der Waals surface area contributed by atoms with Gasteiger partial charge in [0.25, 0.3) is 0 Å². The number of hydrogen-bond donors (Lipinski definition) is 2. The van der Waals surface area contributed by atoms with Gasteiger partial charge in [-0.2, -0.15) is 0 Å². The molecule has 0 aromatic carbocycles. The van der Waals surface area contributed by atoms with Gasteiger partial charge in [0.05, 0.1) is 7.11 Å². The number of ether oxygens (including phenoxy) is 1. The van der Waals surface area contributed by atoms with E-state index in [1.807, 2.05) is 0 Å². The first-order valence-corrected chi connectivity index (χ1v) is 3.73. The number of carbonyl (C=O) groups is 1. The molecule has 1 rings (SSSR count). The van der Waals surface area contributed by atoms with Crippen molar-refractivity contribution in [3.63, 3.8) is 0 Å². The highest BCUT2D eigenvalue weighted by Crippen LogP contribution is 1.65. The van der Waals surface area contributed by atoms with Crippen LogP contribution in [0.3, 0.4) is 0 Å². The lowest BCUT2D eigenvalue weighted by Gasteiger charge is -2.11. The van der Waals surface area contributed by atoms with Gasteiger partial charge >= 0.3 is 5.97 Å². The highest BCUT2D eigenvalue weighted by molar-refractivity contribution is 5.65. The molecule has 0 atom stereocenters. The van der Waals surface area contributed by atoms with Crippen LogP contribution < -0.4 is 10.6 Å². The molecule has 1 aliphatic heterocycles. The molecule has 0 spiro atoms. The molecule has 66 valence electrons. The molecule has 4 heteroatoms. The molecule has 0 aromatic rings. The van der Waals surface area contributed by atoms with Gasteiger partial charge in [0.15, 0.2) is 0 Å². The number of rotatable bonds is 0. The van der Waals surface area contributed by atoms with Crippen molar-refractivity contribution in [1.82, 2.24) is 10.6 Å². The Morgan fingerprint density at radius 2 is 1.45 bits per heavy atom. The van der Waals surface area contributed by atoms with Crippen LogP contribution in [-0.4, -0.2) is 39.3 Å². The van der Waals surface area contributed by atoms with Crippen LogP contribution in [0.4, 0.5) is 0 Å². The lowest BCUT2D eigenvalue weighted by Crippen LogP contribution is -2.39. The molecule has 0 aromatic heterocycles. The minimum absolute atomic E-state index is 0.245. The maximum atomic E-state index is 9.59. The zero-order valence-corrected chi connectivity index (χ0v) is 7.14. The molecule has 0 saturated carbocycles. The Morgan fingerprint density at radius 3 is 1.55 bits per heavy atom. The Balaban J connectivity index is 0.000000187. The van der Waals surface area contributed by atoms with E-state index in [-0.39, 0.29) is 5.97 Å². The summed E-state index contributed by atoms with van der Waals surface area (Å²) >= 11 is 0. The zero-order chi connectivity index (χ0) is 8.53. The second-order valence-electron chi connectivity index (χ2n) is 2.20. The first kappa shape index (κ1) is 10.4. The van der Waals surface area contributed by atoms with Crippen molar-refractivity contribution in [2.24, 2.45) is 0 Å². The number of methoxy groups -OCH3 is 1. The predicted octanol–water partition coefficient (Wildman–Crippen LogP) is -0.642. The van der Waals surface area contributed by atoms with Crippen LogP contribution in [0.15, 0.2) is 0 Å². The van der Waals surface area contributed by atoms with Crippen molar-refractivity contribution in [3.05, 3.63) is 0 Å². The summed E-state index contributed by atoms with van der Waals surface area (Å²) < 4.78 is 4.11. The van der Waals surface area contributed by atoms with E-state index in [0.29, 0.717) is 0 Å². The number of hydrogen-bond acceptors (Lipinski definition) is 4. The van der Waals surface area contributed by atoms with E-state index < -0.39 is 0 Å². The molecule has 1 heterocycles. The Morgan fingerprint density at radius 1 is 1.18 bits per heavy atom. The molecule has 1 aliphatic rings. The molecule has 0 aliphatic carbocycles. The normalized spacial score (nSPS) is 16.2. The lowest BCUT2D eigenvalue weighted by molar-refractivity contribution is -0.137. The molecule has 4 nitrogen and oxygen atoms in total. The zero-order valence-electron chi connectivity index (χ0n) is 7.14. The molecule has 11 heavy (non-hydrogen) atoms. The number of nitrogens with one attached hydrogen (secondary N) is 2. The van der Waals surface area contributed by atoms with Gasteiger partial charge in [-0.25, -0.2) is 0 Å². The second-order valence-corrected chi connectivity index (χ2v) is 2.20. The highest BCUT2D eigenvalue weighted by Gasteiger charge is 1.91. The van der Waals surface area contributed by atoms with Crippen molar-refractivity contribution in [1.29, 1.82) is 0 Å². The fourth-order valence-corrected chi connectivity index (χ4v) is 0.604. The fraction of sp³-hybridized carbons (Fsp3) is 0.857. The quantitative estimate of drug-likeness (QED) is 0.463. The van der Waals surface area contributed by atoms with Crippen molar-refractivity contribution in [2.45, 2.75) is 6.92 Å². The highest BCUT2D eigenvalue weighted by atomic mass is 16.5. The van der Waals surface area contributed by atoms with Crippen molar-refractivity contribution < 1.29 is 9.53 Å². The molecule has 1 saturated heterocycles. The van der Waals surface area contributed by atoms with Gasteiger partial charge in [-0.15, -0.1) is 0 Å². The van der Waals surface area contributed by atoms with Crippen LogP contribution in [-0.2, 0) is 9.53 Å². The van der Waals surface area contributed by atoms with Gasteiger partial charge in [-0.3, -0.25) is 4.79 Å². The SMILES string of the molecule is C1CNCCN1.COC(C)=O. The van der Waals surface area contributed by atoms with Crippen molar-refractivity contribution in [3.8, 4) is 0 Å². The largest absolute Gasteiger partial charge is 0.469 e. The average Bonchev–Trinajstić information content (AvgIpc) is 2.09. The third-order valence-corrected chi connectivity index (χ3v) is 1.24. The number of esters is 1. The van der Waals surface area contributed by atoms with Gasteiger partial charge in [0.2, 0.25) is 0 Å². The van der Waals surface area contributed by atoms with E-state index >= 15 is 0 Å². The lowest BCUT2D eigenvalue weighted by atomic mass is 10.4. The third kappa shape index (κ3) is 9.39. The summed E-state index contributed by atoms with van der Waals surface area (Å²) in [4.78, 5) is 9.59. The van der Waals surface area contributed by atoms with E-state index in [1.54, 1.807) is 0 Å². The maximum absolute atomic E-state index is 9.59. The van der Waals surface area contributed by atoms with Crippen LogP contribution in [0.1, 0.15) is 6.92 Å². The predicted molar refractivity (Wildman–Crippen MR) is 43.4 cm³/mol. The molecule has 1 fully saturated rings. The van der Waals surface area contributed by atoms with E-state index in [0.717, 1.165) is 26.2 Å². The molecule has 0 bridgehead atoms. The summed E-state index contributed by atoms with van der Waals surface area (Å²) in [6.07, 6.45) is 0. The first-order valence-electron chi connectivity index (χ1n) is 3.73. The summed E-state index contributed by atoms with van der Waals surface area (Å²) in [5, 5.41) is 6.44. The van der Waals surface area contributed by atoms with Crippen LogP contribution in [0, 0.1) is 0 Å². The van der Waals surface area contributed by atoms with E-state index in [9.17, 15) is 4.79 Å². The molecular formula is C7H16N2O2. The molecule has 0 unspecified atom stereocenters. The van der Waals surface area contributed by atoms with E-state index in [1.165, 1.54) is 14.0 Å². The summed E-state index contributed by atoms with van der Waals surface area (Å²) in [7, 11) is 1.35. The third-order valence-electron chi connectivity index (χ3n) is 1.24. The molecule has 0 amide bonds. The number of carbonyl (C=O) groups excluding carboxylic acids is 1. The molecular weight excluding hydrogens is 144 g/mol. The van der Waals surface area contributed by atoms with Gasteiger partial charge in [-0.05, 0) is 0 Å². The smallest absolute Gasteiger partial charge is 0.302 e. The first-order chi connectivity index (χ1) is 5.27. The summed E-state index contributed by atoms with van der Waals surface area (Å²) in [6.45, 7) is 5.92. The van der Waals surface area contributed by atoms with Gasteiger partial charge < -0.3 is 15.4 Å².